The summed E-state index contributed by atoms with van der Waals surface area (Å²) in [4.78, 5) is 2.65. The van der Waals surface area contributed by atoms with Crippen LogP contribution in [0.2, 0.25) is 0 Å². The summed E-state index contributed by atoms with van der Waals surface area (Å²) in [6.45, 7) is 4.07. The predicted molar refractivity (Wildman–Crippen MR) is 58.3 cm³/mol. The Bertz CT molecular complexity index is 190. The van der Waals surface area contributed by atoms with E-state index in [2.05, 4.69) is 10.2 Å². The third kappa shape index (κ3) is 1.70. The minimum atomic E-state index is 0.834. The Kier molecular flexibility index (Phi) is 2.50. The van der Waals surface area contributed by atoms with Crippen LogP contribution in [0, 0.1) is 5.92 Å². The van der Waals surface area contributed by atoms with Crippen LogP contribution in [-0.2, 0) is 0 Å². The zero-order valence-corrected chi connectivity index (χ0v) is 9.04. The lowest BCUT2D eigenvalue weighted by atomic mass is 9.83. The van der Waals surface area contributed by atoms with Crippen molar-refractivity contribution >= 4 is 0 Å². The topological polar surface area (TPSA) is 15.3 Å². The third-order valence-electron chi connectivity index (χ3n) is 4.46. The summed E-state index contributed by atoms with van der Waals surface area (Å²) in [5, 5.41) is 3.91. The van der Waals surface area contributed by atoms with Crippen molar-refractivity contribution in [2.24, 2.45) is 5.92 Å². The zero-order chi connectivity index (χ0) is 9.38. The number of nitrogens with one attached hydrogen (secondary N) is 1. The van der Waals surface area contributed by atoms with E-state index in [1.807, 2.05) is 0 Å². The van der Waals surface area contributed by atoms with Gasteiger partial charge >= 0.3 is 0 Å². The van der Waals surface area contributed by atoms with Crippen molar-refractivity contribution < 1.29 is 0 Å². The monoisotopic (exact) mass is 194 g/mol. The van der Waals surface area contributed by atoms with Crippen molar-refractivity contribution in [2.45, 2.75) is 50.6 Å². The van der Waals surface area contributed by atoms with Crippen LogP contribution in [0.15, 0.2) is 0 Å². The molecule has 0 spiro atoms. The van der Waals surface area contributed by atoms with Crippen molar-refractivity contribution in [3.63, 3.8) is 0 Å². The van der Waals surface area contributed by atoms with Crippen molar-refractivity contribution in [1.82, 2.24) is 10.2 Å². The van der Waals surface area contributed by atoms with Crippen LogP contribution in [0.25, 0.3) is 0 Å². The summed E-state index contributed by atoms with van der Waals surface area (Å²) in [7, 11) is 0. The van der Waals surface area contributed by atoms with E-state index >= 15 is 0 Å². The van der Waals surface area contributed by atoms with Gasteiger partial charge in [0.15, 0.2) is 0 Å². The van der Waals surface area contributed by atoms with Crippen LogP contribution in [0.5, 0.6) is 0 Å². The fourth-order valence-corrected chi connectivity index (χ4v) is 3.55. The molecule has 1 unspecified atom stereocenters. The van der Waals surface area contributed by atoms with E-state index < -0.39 is 0 Å². The first kappa shape index (κ1) is 9.17. The zero-order valence-electron chi connectivity index (χ0n) is 9.04. The standard InChI is InChI=1S/C12H22N2/c1-2-4-11(3-1)13-12-9-14-7-5-10(12)6-8-14/h10-13H,1-9H2. The molecule has 4 rings (SSSR count). The van der Waals surface area contributed by atoms with Gasteiger partial charge in [-0.15, -0.1) is 0 Å². The van der Waals surface area contributed by atoms with E-state index in [0.29, 0.717) is 0 Å². The van der Waals surface area contributed by atoms with Gasteiger partial charge in [-0.25, -0.2) is 0 Å². The molecule has 3 aliphatic heterocycles. The molecule has 1 aliphatic carbocycles. The van der Waals surface area contributed by atoms with Gasteiger partial charge in [-0.3, -0.25) is 0 Å². The first-order valence-corrected chi connectivity index (χ1v) is 6.40. The van der Waals surface area contributed by atoms with Crippen LogP contribution >= 0.6 is 0 Å². The first-order valence-electron chi connectivity index (χ1n) is 6.40. The van der Waals surface area contributed by atoms with E-state index in [0.717, 1.165) is 18.0 Å². The summed E-state index contributed by atoms with van der Waals surface area (Å²) in [5.41, 5.74) is 0. The Morgan fingerprint density at radius 1 is 0.929 bits per heavy atom. The average Bonchev–Trinajstić information content (AvgIpc) is 2.72. The predicted octanol–water partition coefficient (Wildman–Crippen LogP) is 1.61. The molecule has 2 heteroatoms. The Hall–Kier alpha value is -0.0800. The molecule has 2 nitrogen and oxygen atoms in total. The molecule has 80 valence electrons. The number of fused-ring (bicyclic) bond motifs is 3. The molecule has 4 fully saturated rings. The van der Waals surface area contributed by atoms with Gasteiger partial charge in [0.05, 0.1) is 0 Å². The van der Waals surface area contributed by atoms with Crippen molar-refractivity contribution in [3.05, 3.63) is 0 Å². The van der Waals surface area contributed by atoms with Crippen molar-refractivity contribution in [1.29, 1.82) is 0 Å². The maximum atomic E-state index is 3.91. The second-order valence-electron chi connectivity index (χ2n) is 5.39. The highest BCUT2D eigenvalue weighted by molar-refractivity contribution is 4.93. The highest BCUT2D eigenvalue weighted by atomic mass is 15.2. The number of rotatable bonds is 2. The summed E-state index contributed by atoms with van der Waals surface area (Å²) in [5.74, 6) is 1.00. The minimum absolute atomic E-state index is 0.834. The largest absolute Gasteiger partial charge is 0.310 e. The molecule has 0 aromatic rings. The summed E-state index contributed by atoms with van der Waals surface area (Å²) < 4.78 is 0. The Balaban J connectivity index is 1.57. The molecule has 14 heavy (non-hydrogen) atoms. The van der Waals surface area contributed by atoms with Crippen LogP contribution in [0.1, 0.15) is 38.5 Å². The lowest BCUT2D eigenvalue weighted by Gasteiger charge is -2.46. The molecule has 0 amide bonds. The molecule has 1 atom stereocenters. The van der Waals surface area contributed by atoms with E-state index in [4.69, 9.17) is 0 Å². The normalized spacial score (nSPS) is 43.3. The number of piperidine rings is 3. The average molecular weight is 194 g/mol. The van der Waals surface area contributed by atoms with Gasteiger partial charge in [-0.05, 0) is 44.7 Å². The van der Waals surface area contributed by atoms with Crippen molar-refractivity contribution in [3.8, 4) is 0 Å². The highest BCUT2D eigenvalue weighted by Crippen LogP contribution is 2.29. The molecular weight excluding hydrogens is 172 g/mol. The molecule has 2 bridgehead atoms. The molecule has 3 saturated heterocycles. The van der Waals surface area contributed by atoms with Gasteiger partial charge in [0.25, 0.3) is 0 Å². The fourth-order valence-electron chi connectivity index (χ4n) is 3.55. The number of hydrogen-bond acceptors (Lipinski definition) is 2. The van der Waals surface area contributed by atoms with Gasteiger partial charge in [0, 0.05) is 18.6 Å². The summed E-state index contributed by atoms with van der Waals surface area (Å²) in [6.07, 6.45) is 8.68. The maximum Gasteiger partial charge on any atom is 0.0226 e. The molecule has 3 heterocycles. The minimum Gasteiger partial charge on any atom is -0.310 e. The number of nitrogens with zero attached hydrogens (tertiary/aromatic N) is 1. The second-order valence-corrected chi connectivity index (χ2v) is 5.39. The Labute approximate surface area is 87.0 Å². The molecule has 0 aromatic heterocycles. The van der Waals surface area contributed by atoms with E-state index in [-0.39, 0.29) is 0 Å². The van der Waals surface area contributed by atoms with Crippen LogP contribution in [-0.4, -0.2) is 36.6 Å². The Morgan fingerprint density at radius 3 is 2.21 bits per heavy atom. The fraction of sp³-hybridized carbons (Fsp3) is 1.00. The maximum absolute atomic E-state index is 3.91. The summed E-state index contributed by atoms with van der Waals surface area (Å²) >= 11 is 0. The lowest BCUT2D eigenvalue weighted by Crippen LogP contribution is -2.57. The van der Waals surface area contributed by atoms with E-state index in [1.54, 1.807) is 0 Å². The molecule has 0 aromatic carbocycles. The van der Waals surface area contributed by atoms with Crippen LogP contribution < -0.4 is 5.32 Å². The van der Waals surface area contributed by atoms with Crippen molar-refractivity contribution in [2.75, 3.05) is 19.6 Å². The molecular formula is C12H22N2. The Morgan fingerprint density at radius 2 is 1.64 bits per heavy atom. The SMILES string of the molecule is C1CCC(NC2CN3CCC2CC3)C1. The van der Waals surface area contributed by atoms with Crippen LogP contribution in [0.3, 0.4) is 0 Å². The second kappa shape index (κ2) is 3.82. The lowest BCUT2D eigenvalue weighted by molar-refractivity contribution is 0.0674. The first-order chi connectivity index (χ1) is 6.92. The van der Waals surface area contributed by atoms with Gasteiger partial charge in [-0.1, -0.05) is 12.8 Å². The van der Waals surface area contributed by atoms with Gasteiger partial charge in [0.1, 0.15) is 0 Å². The van der Waals surface area contributed by atoms with Gasteiger partial charge < -0.3 is 10.2 Å². The molecule has 1 saturated carbocycles. The smallest absolute Gasteiger partial charge is 0.0226 e. The molecule has 1 N–H and O–H groups in total. The quantitative estimate of drug-likeness (QED) is 0.718. The van der Waals surface area contributed by atoms with Crippen LogP contribution in [0.4, 0.5) is 0 Å². The van der Waals surface area contributed by atoms with E-state index in [1.165, 1.54) is 58.2 Å². The van der Waals surface area contributed by atoms with E-state index in [9.17, 15) is 0 Å². The molecule has 0 radical (unpaired) electrons. The summed E-state index contributed by atoms with van der Waals surface area (Å²) in [6, 6.07) is 1.70. The highest BCUT2D eigenvalue weighted by Gasteiger charge is 2.35. The van der Waals surface area contributed by atoms with Gasteiger partial charge in [-0.2, -0.15) is 0 Å². The third-order valence-corrected chi connectivity index (χ3v) is 4.46. The van der Waals surface area contributed by atoms with Gasteiger partial charge in [0.2, 0.25) is 0 Å². The number of hydrogen-bond donors (Lipinski definition) is 1. The molecule has 4 aliphatic rings.